The van der Waals surface area contributed by atoms with Gasteiger partial charge in [-0.05, 0) is 44.5 Å². The number of nitrogens with zero attached hydrogens (tertiary/aromatic N) is 3. The molecule has 3 rings (SSSR count). The van der Waals surface area contributed by atoms with Crippen molar-refractivity contribution in [1.29, 1.82) is 0 Å². The number of anilines is 1. The zero-order chi connectivity index (χ0) is 19.6. The lowest BCUT2D eigenvalue weighted by Gasteiger charge is -2.13. The third kappa shape index (κ3) is 4.19. The normalized spacial score (nSPS) is 12.0. The number of thioether (sulfide) groups is 1. The number of rotatable bonds is 5. The van der Waals surface area contributed by atoms with Gasteiger partial charge in [-0.2, -0.15) is 0 Å². The van der Waals surface area contributed by atoms with E-state index in [-0.39, 0.29) is 17.0 Å². The van der Waals surface area contributed by atoms with Crippen LogP contribution in [0.15, 0.2) is 47.6 Å². The minimum Gasteiger partial charge on any atom is -0.325 e. The van der Waals surface area contributed by atoms with Crippen molar-refractivity contribution in [2.45, 2.75) is 31.2 Å². The van der Waals surface area contributed by atoms with Crippen LogP contribution in [0.3, 0.4) is 0 Å². The maximum Gasteiger partial charge on any atom is 0.237 e. The quantitative estimate of drug-likeness (QED) is 0.664. The van der Waals surface area contributed by atoms with Crippen LogP contribution in [0.25, 0.3) is 11.4 Å². The predicted octanol–water partition coefficient (Wildman–Crippen LogP) is 4.36. The van der Waals surface area contributed by atoms with Crippen molar-refractivity contribution in [2.24, 2.45) is 7.05 Å². The average molecular weight is 384 g/mol. The largest absolute Gasteiger partial charge is 0.325 e. The summed E-state index contributed by atoms with van der Waals surface area (Å²) in [5.74, 6) is -0.0508. The van der Waals surface area contributed by atoms with Gasteiger partial charge >= 0.3 is 0 Å². The maximum atomic E-state index is 14.0. The monoisotopic (exact) mass is 384 g/mol. The first-order chi connectivity index (χ1) is 12.9. The second-order valence-corrected chi connectivity index (χ2v) is 7.72. The number of carbonyl (C=O) groups is 1. The Balaban J connectivity index is 1.73. The van der Waals surface area contributed by atoms with Crippen molar-refractivity contribution in [1.82, 2.24) is 14.8 Å². The molecule has 1 aromatic heterocycles. The van der Waals surface area contributed by atoms with Gasteiger partial charge in [-0.15, -0.1) is 10.2 Å². The molecule has 5 nitrogen and oxygen atoms in total. The second kappa shape index (κ2) is 7.92. The molecule has 1 heterocycles. The SMILES string of the molecule is Cc1ccc(NC(=O)[C@H](C)Sc2nnc(-c3ccccc3F)n2C)c(C)c1. The molecule has 0 spiro atoms. The van der Waals surface area contributed by atoms with Crippen LogP contribution in [-0.2, 0) is 11.8 Å². The Morgan fingerprint density at radius 2 is 1.93 bits per heavy atom. The molecule has 0 aliphatic heterocycles. The van der Waals surface area contributed by atoms with E-state index in [2.05, 4.69) is 15.5 Å². The summed E-state index contributed by atoms with van der Waals surface area (Å²) in [5.41, 5.74) is 3.34. The van der Waals surface area contributed by atoms with Crippen LogP contribution in [0.5, 0.6) is 0 Å². The molecular formula is C20H21FN4OS. The third-order valence-electron chi connectivity index (χ3n) is 4.24. The van der Waals surface area contributed by atoms with Crippen LogP contribution in [0.1, 0.15) is 18.1 Å². The first kappa shape index (κ1) is 19.1. The Morgan fingerprint density at radius 3 is 2.63 bits per heavy atom. The number of aryl methyl sites for hydroxylation is 2. The summed E-state index contributed by atoms with van der Waals surface area (Å²) in [4.78, 5) is 12.5. The highest BCUT2D eigenvalue weighted by atomic mass is 32.2. The van der Waals surface area contributed by atoms with Crippen molar-refractivity contribution in [3.8, 4) is 11.4 Å². The van der Waals surface area contributed by atoms with Gasteiger partial charge in [-0.3, -0.25) is 4.79 Å². The highest BCUT2D eigenvalue weighted by Gasteiger charge is 2.20. The van der Waals surface area contributed by atoms with E-state index in [1.165, 1.54) is 17.8 Å². The van der Waals surface area contributed by atoms with E-state index in [1.807, 2.05) is 32.0 Å². The molecule has 2 aromatic carbocycles. The molecule has 0 unspecified atom stereocenters. The van der Waals surface area contributed by atoms with Gasteiger partial charge < -0.3 is 9.88 Å². The molecule has 0 bridgehead atoms. The van der Waals surface area contributed by atoms with E-state index in [0.717, 1.165) is 16.8 Å². The molecule has 3 aromatic rings. The average Bonchev–Trinajstić information content (AvgIpc) is 2.98. The minimum absolute atomic E-state index is 0.123. The number of carbonyl (C=O) groups excluding carboxylic acids is 1. The van der Waals surface area contributed by atoms with Gasteiger partial charge in [-0.1, -0.05) is 41.6 Å². The van der Waals surface area contributed by atoms with E-state index < -0.39 is 0 Å². The van der Waals surface area contributed by atoms with E-state index in [1.54, 1.807) is 36.7 Å². The van der Waals surface area contributed by atoms with E-state index in [0.29, 0.717) is 16.5 Å². The molecule has 140 valence electrons. The number of nitrogens with one attached hydrogen (secondary N) is 1. The second-order valence-electron chi connectivity index (χ2n) is 6.41. The predicted molar refractivity (Wildman–Crippen MR) is 106 cm³/mol. The van der Waals surface area contributed by atoms with Gasteiger partial charge in [0, 0.05) is 12.7 Å². The standard InChI is InChI=1S/C20H21FN4OS/c1-12-9-10-17(13(2)11-12)22-19(26)14(3)27-20-24-23-18(25(20)4)15-7-5-6-8-16(15)21/h5-11,14H,1-4H3,(H,22,26)/t14-/m0/s1. The Morgan fingerprint density at radius 1 is 1.19 bits per heavy atom. The van der Waals surface area contributed by atoms with Crippen LogP contribution < -0.4 is 5.32 Å². The number of halogens is 1. The summed E-state index contributed by atoms with van der Waals surface area (Å²) < 4.78 is 15.7. The van der Waals surface area contributed by atoms with Crippen molar-refractivity contribution in [3.05, 3.63) is 59.4 Å². The van der Waals surface area contributed by atoms with Gasteiger partial charge in [0.05, 0.1) is 10.8 Å². The number of hydrogen-bond donors (Lipinski definition) is 1. The van der Waals surface area contributed by atoms with Crippen LogP contribution in [0, 0.1) is 19.7 Å². The third-order valence-corrected chi connectivity index (χ3v) is 5.37. The zero-order valence-corrected chi connectivity index (χ0v) is 16.5. The fraction of sp³-hybridized carbons (Fsp3) is 0.250. The van der Waals surface area contributed by atoms with Gasteiger partial charge in [0.15, 0.2) is 11.0 Å². The Labute approximate surface area is 162 Å². The Hall–Kier alpha value is -2.67. The molecule has 1 atom stereocenters. The topological polar surface area (TPSA) is 59.8 Å². The molecule has 0 radical (unpaired) electrons. The molecule has 1 amide bonds. The molecule has 0 aliphatic carbocycles. The van der Waals surface area contributed by atoms with Crippen molar-refractivity contribution >= 4 is 23.4 Å². The first-order valence-electron chi connectivity index (χ1n) is 8.56. The van der Waals surface area contributed by atoms with E-state index in [4.69, 9.17) is 0 Å². The maximum absolute atomic E-state index is 14.0. The highest BCUT2D eigenvalue weighted by molar-refractivity contribution is 8.00. The van der Waals surface area contributed by atoms with Gasteiger partial charge in [0.25, 0.3) is 0 Å². The molecular weight excluding hydrogens is 363 g/mol. The van der Waals surface area contributed by atoms with Crippen molar-refractivity contribution < 1.29 is 9.18 Å². The summed E-state index contributed by atoms with van der Waals surface area (Å²) in [6.07, 6.45) is 0. The van der Waals surface area contributed by atoms with Crippen LogP contribution >= 0.6 is 11.8 Å². The highest BCUT2D eigenvalue weighted by Crippen LogP contribution is 2.27. The number of amides is 1. The molecule has 1 N–H and O–H groups in total. The fourth-order valence-electron chi connectivity index (χ4n) is 2.69. The molecule has 0 saturated carbocycles. The van der Waals surface area contributed by atoms with E-state index in [9.17, 15) is 9.18 Å². The van der Waals surface area contributed by atoms with E-state index >= 15 is 0 Å². The molecule has 27 heavy (non-hydrogen) atoms. The smallest absolute Gasteiger partial charge is 0.237 e. The van der Waals surface area contributed by atoms with Crippen LogP contribution in [0.2, 0.25) is 0 Å². The molecule has 7 heteroatoms. The fourth-order valence-corrected chi connectivity index (χ4v) is 3.51. The number of aromatic nitrogens is 3. The van der Waals surface area contributed by atoms with Crippen molar-refractivity contribution in [2.75, 3.05) is 5.32 Å². The van der Waals surface area contributed by atoms with Crippen LogP contribution in [-0.4, -0.2) is 25.9 Å². The van der Waals surface area contributed by atoms with Gasteiger partial charge in [0.2, 0.25) is 5.91 Å². The zero-order valence-electron chi connectivity index (χ0n) is 15.7. The lowest BCUT2D eigenvalue weighted by atomic mass is 10.1. The summed E-state index contributed by atoms with van der Waals surface area (Å²) in [5, 5.41) is 11.3. The summed E-state index contributed by atoms with van der Waals surface area (Å²) >= 11 is 1.28. The minimum atomic E-state index is -0.387. The Bertz CT molecular complexity index is 986. The summed E-state index contributed by atoms with van der Waals surface area (Å²) in [6, 6.07) is 12.3. The van der Waals surface area contributed by atoms with Gasteiger partial charge in [-0.25, -0.2) is 4.39 Å². The number of benzene rings is 2. The molecule has 0 fully saturated rings. The summed E-state index contributed by atoms with van der Waals surface area (Å²) in [6.45, 7) is 5.78. The Kier molecular flexibility index (Phi) is 5.60. The van der Waals surface area contributed by atoms with Crippen LogP contribution in [0.4, 0.5) is 10.1 Å². The molecule has 0 saturated heterocycles. The lowest BCUT2D eigenvalue weighted by Crippen LogP contribution is -2.23. The summed E-state index contributed by atoms with van der Waals surface area (Å²) in [7, 11) is 1.76. The first-order valence-corrected chi connectivity index (χ1v) is 9.44. The molecule has 0 aliphatic rings. The van der Waals surface area contributed by atoms with Gasteiger partial charge in [0.1, 0.15) is 5.82 Å². The van der Waals surface area contributed by atoms with Crippen molar-refractivity contribution in [3.63, 3.8) is 0 Å². The lowest BCUT2D eigenvalue weighted by molar-refractivity contribution is -0.115. The number of hydrogen-bond acceptors (Lipinski definition) is 4.